The molecule has 0 aromatic heterocycles. The predicted molar refractivity (Wildman–Crippen MR) is 140 cm³/mol. The number of aliphatic hydroxyl groups is 1. The molecule has 2 aromatic rings. The summed E-state index contributed by atoms with van der Waals surface area (Å²) in [5.74, 6) is -0.416. The molecule has 1 fully saturated rings. The number of halogens is 1. The Labute approximate surface area is 215 Å². The largest absolute Gasteiger partial charge is 0.507 e. The van der Waals surface area contributed by atoms with E-state index in [4.69, 9.17) is 9.47 Å². The number of rotatable bonds is 11. The zero-order chi connectivity index (χ0) is 25.5. The monoisotopic (exact) mass is 544 g/mol. The molecular weight excluding hydrogens is 512 g/mol. The van der Waals surface area contributed by atoms with Crippen LogP contribution in [0.4, 0.5) is 0 Å². The van der Waals surface area contributed by atoms with Gasteiger partial charge in [-0.3, -0.25) is 9.59 Å². The molecule has 1 aliphatic heterocycles. The van der Waals surface area contributed by atoms with Gasteiger partial charge in [-0.2, -0.15) is 0 Å². The second kappa shape index (κ2) is 12.2. The number of ketones is 1. The molecule has 1 N–H and O–H groups in total. The average molecular weight is 545 g/mol. The molecule has 3 rings (SSSR count). The molecule has 1 unspecified atom stereocenters. The van der Waals surface area contributed by atoms with Gasteiger partial charge in [-0.15, -0.1) is 0 Å². The highest BCUT2D eigenvalue weighted by Gasteiger charge is 2.46. The fourth-order valence-corrected chi connectivity index (χ4v) is 4.30. The van der Waals surface area contributed by atoms with E-state index in [9.17, 15) is 14.7 Å². The Morgan fingerprint density at radius 1 is 1.09 bits per heavy atom. The highest BCUT2D eigenvalue weighted by molar-refractivity contribution is 9.10. The lowest BCUT2D eigenvalue weighted by Crippen LogP contribution is -2.35. The van der Waals surface area contributed by atoms with Gasteiger partial charge in [0.1, 0.15) is 5.76 Å². The summed E-state index contributed by atoms with van der Waals surface area (Å²) in [6, 6.07) is 11.6. The zero-order valence-electron chi connectivity index (χ0n) is 20.7. The first-order valence-electron chi connectivity index (χ1n) is 11.8. The maximum atomic E-state index is 13.2. The summed E-state index contributed by atoms with van der Waals surface area (Å²) in [6.07, 6.45) is 3.12. The molecule has 0 aliphatic carbocycles. The van der Waals surface area contributed by atoms with Crippen molar-refractivity contribution < 1.29 is 24.2 Å². The molecule has 188 valence electrons. The minimum absolute atomic E-state index is 0.0646. The fraction of sp³-hybridized carbons (Fsp3) is 0.407. The minimum atomic E-state index is -0.748. The van der Waals surface area contributed by atoms with Crippen molar-refractivity contribution in [2.75, 3.05) is 40.9 Å². The van der Waals surface area contributed by atoms with E-state index in [0.29, 0.717) is 42.3 Å². The summed E-state index contributed by atoms with van der Waals surface area (Å²) < 4.78 is 12.3. The number of carbonyl (C=O) groups is 2. The molecule has 0 spiro atoms. The van der Waals surface area contributed by atoms with Crippen molar-refractivity contribution in [3.63, 3.8) is 0 Å². The number of aliphatic hydroxyl groups excluding tert-OH is 1. The third-order valence-electron chi connectivity index (χ3n) is 5.95. The number of carbonyl (C=O) groups excluding carboxylic acids is 2. The van der Waals surface area contributed by atoms with Crippen molar-refractivity contribution in [1.29, 1.82) is 0 Å². The molecule has 35 heavy (non-hydrogen) atoms. The number of likely N-dealkylation sites (tertiary alicyclic amines) is 1. The fourth-order valence-electron chi connectivity index (χ4n) is 4.04. The van der Waals surface area contributed by atoms with Crippen LogP contribution in [0.3, 0.4) is 0 Å². The van der Waals surface area contributed by atoms with Crippen LogP contribution in [0, 0.1) is 0 Å². The summed E-state index contributed by atoms with van der Waals surface area (Å²) in [6.45, 7) is 3.61. The van der Waals surface area contributed by atoms with E-state index in [0.717, 1.165) is 23.7 Å². The number of nitrogens with zero attached hydrogens (tertiary/aromatic N) is 2. The summed E-state index contributed by atoms with van der Waals surface area (Å²) >= 11 is 3.38. The van der Waals surface area contributed by atoms with E-state index in [1.807, 2.05) is 25.1 Å². The lowest BCUT2D eigenvalue weighted by atomic mass is 9.95. The van der Waals surface area contributed by atoms with Crippen molar-refractivity contribution in [2.45, 2.75) is 32.2 Å². The standard InChI is InChI=1S/C27H33BrN2O5/c1-5-6-7-16-35-21-13-10-19(17-22(21)34-4)24-23(25(31)18-8-11-20(28)12-9-18)26(32)27(33)30(24)15-14-29(2)3/h8-13,17,24,31H,5-7,14-16H2,1-4H3. The summed E-state index contributed by atoms with van der Waals surface area (Å²) in [4.78, 5) is 29.7. The minimum Gasteiger partial charge on any atom is -0.507 e. The van der Waals surface area contributed by atoms with Crippen LogP contribution < -0.4 is 9.47 Å². The van der Waals surface area contributed by atoms with Crippen molar-refractivity contribution in [2.24, 2.45) is 0 Å². The van der Waals surface area contributed by atoms with E-state index in [-0.39, 0.29) is 11.3 Å². The van der Waals surface area contributed by atoms with Crippen LogP contribution in [0.25, 0.3) is 5.76 Å². The van der Waals surface area contributed by atoms with Crippen molar-refractivity contribution in [3.05, 3.63) is 63.6 Å². The van der Waals surface area contributed by atoms with Crippen molar-refractivity contribution >= 4 is 33.4 Å². The van der Waals surface area contributed by atoms with Gasteiger partial charge in [0.2, 0.25) is 0 Å². The maximum absolute atomic E-state index is 13.2. The first kappa shape index (κ1) is 26.8. The Bertz CT molecular complexity index is 1080. The third-order valence-corrected chi connectivity index (χ3v) is 6.48. The molecule has 8 heteroatoms. The number of Topliss-reactive ketones (excluding diaryl/α,β-unsaturated/α-hetero) is 1. The topological polar surface area (TPSA) is 79.3 Å². The van der Waals surface area contributed by atoms with Gasteiger partial charge in [0.05, 0.1) is 25.3 Å². The van der Waals surface area contributed by atoms with E-state index in [2.05, 4.69) is 22.9 Å². The normalized spacial score (nSPS) is 17.3. The number of amides is 1. The first-order chi connectivity index (χ1) is 16.8. The summed E-state index contributed by atoms with van der Waals surface area (Å²) in [5.41, 5.74) is 1.20. The van der Waals surface area contributed by atoms with Gasteiger partial charge < -0.3 is 24.4 Å². The third kappa shape index (κ3) is 6.24. The van der Waals surface area contributed by atoms with Gasteiger partial charge in [-0.05, 0) is 50.3 Å². The smallest absolute Gasteiger partial charge is 0.295 e. The number of methoxy groups -OCH3 is 1. The molecule has 1 atom stereocenters. The Morgan fingerprint density at radius 3 is 2.43 bits per heavy atom. The Balaban J connectivity index is 2.06. The van der Waals surface area contributed by atoms with Gasteiger partial charge in [0.15, 0.2) is 11.5 Å². The van der Waals surface area contributed by atoms with Crippen LogP contribution >= 0.6 is 15.9 Å². The molecule has 1 amide bonds. The Hall–Kier alpha value is -2.84. The number of benzene rings is 2. The van der Waals surface area contributed by atoms with E-state index < -0.39 is 17.7 Å². The van der Waals surface area contributed by atoms with Crippen LogP contribution in [-0.2, 0) is 9.59 Å². The lowest BCUT2D eigenvalue weighted by Gasteiger charge is -2.27. The molecule has 0 saturated carbocycles. The lowest BCUT2D eigenvalue weighted by molar-refractivity contribution is -0.140. The number of hydrogen-bond donors (Lipinski definition) is 1. The Morgan fingerprint density at radius 2 is 1.80 bits per heavy atom. The highest BCUT2D eigenvalue weighted by Crippen LogP contribution is 2.42. The molecule has 1 heterocycles. The van der Waals surface area contributed by atoms with Crippen LogP contribution in [0.1, 0.15) is 43.4 Å². The molecular formula is C27H33BrN2O5. The van der Waals surface area contributed by atoms with Crippen molar-refractivity contribution in [3.8, 4) is 11.5 Å². The SMILES string of the molecule is CCCCCOc1ccc(C2C(=C(O)c3ccc(Br)cc3)C(=O)C(=O)N2CCN(C)C)cc1OC. The van der Waals surface area contributed by atoms with Crippen LogP contribution in [0.15, 0.2) is 52.5 Å². The van der Waals surface area contributed by atoms with E-state index >= 15 is 0 Å². The van der Waals surface area contributed by atoms with Gasteiger partial charge in [0.25, 0.3) is 11.7 Å². The second-order valence-electron chi connectivity index (χ2n) is 8.77. The molecule has 0 bridgehead atoms. The molecule has 2 aromatic carbocycles. The summed E-state index contributed by atoms with van der Waals surface area (Å²) in [7, 11) is 5.37. The molecule has 1 saturated heterocycles. The van der Waals surface area contributed by atoms with Crippen LogP contribution in [-0.4, -0.2) is 67.5 Å². The Kier molecular flexibility index (Phi) is 9.34. The highest BCUT2D eigenvalue weighted by atomic mass is 79.9. The number of likely N-dealkylation sites (N-methyl/N-ethyl adjacent to an activating group) is 1. The summed E-state index contributed by atoms with van der Waals surface area (Å²) in [5, 5.41) is 11.2. The van der Waals surface area contributed by atoms with Gasteiger partial charge in [0, 0.05) is 23.1 Å². The number of unbranched alkanes of at least 4 members (excludes halogenated alkanes) is 2. The van der Waals surface area contributed by atoms with Crippen LogP contribution in [0.5, 0.6) is 11.5 Å². The predicted octanol–water partition coefficient (Wildman–Crippen LogP) is 5.01. The van der Waals surface area contributed by atoms with Crippen LogP contribution in [0.2, 0.25) is 0 Å². The van der Waals surface area contributed by atoms with E-state index in [1.165, 1.54) is 4.90 Å². The van der Waals surface area contributed by atoms with E-state index in [1.54, 1.807) is 43.5 Å². The van der Waals surface area contributed by atoms with Crippen molar-refractivity contribution in [1.82, 2.24) is 9.80 Å². The van der Waals surface area contributed by atoms with Gasteiger partial charge in [-0.1, -0.05) is 53.9 Å². The zero-order valence-corrected chi connectivity index (χ0v) is 22.3. The molecule has 7 nitrogen and oxygen atoms in total. The number of ether oxygens (including phenoxy) is 2. The molecule has 0 radical (unpaired) electrons. The maximum Gasteiger partial charge on any atom is 0.295 e. The first-order valence-corrected chi connectivity index (χ1v) is 12.6. The molecule has 1 aliphatic rings. The van der Waals surface area contributed by atoms with Gasteiger partial charge in [-0.25, -0.2) is 0 Å². The van der Waals surface area contributed by atoms with Gasteiger partial charge >= 0.3 is 0 Å². The number of hydrogen-bond acceptors (Lipinski definition) is 6. The average Bonchev–Trinajstić information content (AvgIpc) is 3.10. The second-order valence-corrected chi connectivity index (χ2v) is 9.68. The quantitative estimate of drug-likeness (QED) is 0.185.